The molecule has 0 aliphatic rings. The highest BCUT2D eigenvalue weighted by Gasteiger charge is 2.31. The van der Waals surface area contributed by atoms with Crippen molar-refractivity contribution in [2.24, 2.45) is 0 Å². The molecule has 1 N–H and O–H groups in total. The third-order valence-corrected chi connectivity index (χ3v) is 2.61. The molecule has 0 amide bonds. The Morgan fingerprint density at radius 3 is 2.36 bits per heavy atom. The molecule has 0 aromatic carbocycles. The van der Waals surface area contributed by atoms with Crippen LogP contribution < -0.4 is 0 Å². The van der Waals surface area contributed by atoms with E-state index in [1.807, 2.05) is 0 Å². The zero-order chi connectivity index (χ0) is 11.2. The van der Waals surface area contributed by atoms with E-state index in [0.29, 0.717) is 6.42 Å². The van der Waals surface area contributed by atoms with Crippen LogP contribution in [0.4, 0.5) is 0 Å². The van der Waals surface area contributed by atoms with Crippen molar-refractivity contribution in [3.8, 4) is 0 Å². The monoisotopic (exact) mass is 260 g/mol. The summed E-state index contributed by atoms with van der Waals surface area (Å²) in [6.07, 6.45) is 2.06. The van der Waals surface area contributed by atoms with Crippen molar-refractivity contribution in [2.45, 2.75) is 48.9 Å². The Bertz CT molecular complexity index is 177. The highest BCUT2D eigenvalue weighted by atomic mass is 35.6. The maximum absolute atomic E-state index is 11.2. The van der Waals surface area contributed by atoms with E-state index < -0.39 is 9.90 Å². The van der Waals surface area contributed by atoms with E-state index in [1.54, 1.807) is 0 Å². The smallest absolute Gasteiger partial charge is 0.216 e. The molecule has 0 aliphatic heterocycles. The van der Waals surface area contributed by atoms with Gasteiger partial charge in [-0.3, -0.25) is 4.79 Å². The Balaban J connectivity index is 3.72. The number of alkyl halides is 3. The van der Waals surface area contributed by atoms with Crippen molar-refractivity contribution < 1.29 is 9.90 Å². The number of unbranched alkanes of at least 4 members (excludes halogenated alkanes) is 2. The zero-order valence-electron chi connectivity index (χ0n) is 8.10. The van der Waals surface area contributed by atoms with Crippen LogP contribution >= 0.6 is 34.8 Å². The minimum Gasteiger partial charge on any atom is -0.388 e. The Morgan fingerprint density at radius 2 is 1.93 bits per heavy atom. The largest absolute Gasteiger partial charge is 0.388 e. The molecule has 5 heteroatoms. The second-order valence-corrected chi connectivity index (χ2v) is 5.63. The molecular weight excluding hydrogens is 246 g/mol. The van der Waals surface area contributed by atoms with Gasteiger partial charge in [0.25, 0.3) is 0 Å². The van der Waals surface area contributed by atoms with Gasteiger partial charge in [0.2, 0.25) is 3.79 Å². The maximum Gasteiger partial charge on any atom is 0.216 e. The number of halogens is 3. The second-order valence-electron chi connectivity index (χ2n) is 3.26. The van der Waals surface area contributed by atoms with Crippen LogP contribution in [0.25, 0.3) is 0 Å². The first kappa shape index (κ1) is 14.5. The number of hydrogen-bond acceptors (Lipinski definition) is 2. The molecule has 0 fully saturated rings. The van der Waals surface area contributed by atoms with Gasteiger partial charge in [-0.25, -0.2) is 0 Å². The fourth-order valence-electron chi connectivity index (χ4n) is 1.01. The van der Waals surface area contributed by atoms with Crippen molar-refractivity contribution in [1.29, 1.82) is 0 Å². The number of carbonyl (C=O) groups excluding carboxylic acids is 1. The SMILES string of the molecule is CCCCCC(=O)CC(O)C(Cl)(Cl)Cl. The summed E-state index contributed by atoms with van der Waals surface area (Å²) in [4.78, 5) is 11.2. The number of rotatable bonds is 6. The molecule has 0 aromatic heterocycles. The highest BCUT2D eigenvalue weighted by Crippen LogP contribution is 2.32. The van der Waals surface area contributed by atoms with Crippen molar-refractivity contribution >= 4 is 40.6 Å². The van der Waals surface area contributed by atoms with Crippen LogP contribution in [0.1, 0.15) is 39.0 Å². The molecule has 0 bridgehead atoms. The first-order chi connectivity index (χ1) is 6.38. The van der Waals surface area contributed by atoms with Gasteiger partial charge >= 0.3 is 0 Å². The Hall–Kier alpha value is 0.500. The first-order valence-electron chi connectivity index (χ1n) is 4.64. The number of carbonyl (C=O) groups is 1. The van der Waals surface area contributed by atoms with Gasteiger partial charge in [-0.1, -0.05) is 54.6 Å². The van der Waals surface area contributed by atoms with E-state index in [0.717, 1.165) is 19.3 Å². The van der Waals surface area contributed by atoms with E-state index in [1.165, 1.54) is 0 Å². The summed E-state index contributed by atoms with van der Waals surface area (Å²) in [6, 6.07) is 0. The predicted molar refractivity (Wildman–Crippen MR) is 60.1 cm³/mol. The van der Waals surface area contributed by atoms with Gasteiger partial charge in [-0.05, 0) is 6.42 Å². The van der Waals surface area contributed by atoms with Crippen LogP contribution in [-0.4, -0.2) is 20.8 Å². The number of Topliss-reactive ketones (excluding diaryl/α,β-unsaturated/α-hetero) is 1. The molecule has 14 heavy (non-hydrogen) atoms. The van der Waals surface area contributed by atoms with Gasteiger partial charge in [0.1, 0.15) is 11.9 Å². The average molecular weight is 262 g/mol. The fraction of sp³-hybridized carbons (Fsp3) is 0.889. The Kier molecular flexibility index (Phi) is 7.13. The molecule has 84 valence electrons. The Labute approximate surface area is 99.5 Å². The maximum atomic E-state index is 11.2. The van der Waals surface area contributed by atoms with E-state index in [4.69, 9.17) is 34.8 Å². The molecule has 0 radical (unpaired) electrons. The zero-order valence-corrected chi connectivity index (χ0v) is 10.4. The van der Waals surface area contributed by atoms with Gasteiger partial charge in [0.05, 0.1) is 0 Å². The quantitative estimate of drug-likeness (QED) is 0.589. The molecule has 0 heterocycles. The van der Waals surface area contributed by atoms with E-state index in [2.05, 4.69) is 6.92 Å². The molecule has 2 nitrogen and oxygen atoms in total. The topological polar surface area (TPSA) is 37.3 Å². The minimum atomic E-state index is -1.76. The molecule has 0 saturated carbocycles. The van der Waals surface area contributed by atoms with Crippen molar-refractivity contribution in [3.63, 3.8) is 0 Å². The molecular formula is C9H15Cl3O2. The third kappa shape index (κ3) is 6.88. The van der Waals surface area contributed by atoms with Crippen LogP contribution in [0.3, 0.4) is 0 Å². The first-order valence-corrected chi connectivity index (χ1v) is 5.77. The minimum absolute atomic E-state index is 0.0581. The van der Waals surface area contributed by atoms with Crippen molar-refractivity contribution in [2.75, 3.05) is 0 Å². The fourth-order valence-corrected chi connectivity index (χ4v) is 1.24. The van der Waals surface area contributed by atoms with Gasteiger partial charge in [0.15, 0.2) is 0 Å². The third-order valence-electron chi connectivity index (χ3n) is 1.86. The standard InChI is InChI=1S/C9H15Cl3O2/c1-2-3-4-5-7(13)6-8(14)9(10,11)12/h8,14H,2-6H2,1H3. The van der Waals surface area contributed by atoms with Gasteiger partial charge < -0.3 is 5.11 Å². The molecule has 1 unspecified atom stereocenters. The van der Waals surface area contributed by atoms with E-state index in [9.17, 15) is 9.90 Å². The number of ketones is 1. The lowest BCUT2D eigenvalue weighted by atomic mass is 10.1. The number of hydrogen-bond donors (Lipinski definition) is 1. The van der Waals surface area contributed by atoms with Crippen molar-refractivity contribution in [3.05, 3.63) is 0 Å². The number of aliphatic hydroxyl groups is 1. The molecule has 0 spiro atoms. The lowest BCUT2D eigenvalue weighted by Gasteiger charge is -2.17. The van der Waals surface area contributed by atoms with Crippen LogP contribution in [0, 0.1) is 0 Å². The van der Waals surface area contributed by atoms with E-state index in [-0.39, 0.29) is 12.2 Å². The molecule has 0 aliphatic carbocycles. The normalized spacial score (nSPS) is 14.1. The van der Waals surface area contributed by atoms with Crippen molar-refractivity contribution in [1.82, 2.24) is 0 Å². The molecule has 0 aromatic rings. The predicted octanol–water partition coefficient (Wildman–Crippen LogP) is 3.26. The Morgan fingerprint density at radius 1 is 1.36 bits per heavy atom. The molecule has 0 saturated heterocycles. The summed E-state index contributed by atoms with van der Waals surface area (Å²) in [5.41, 5.74) is 0. The second kappa shape index (κ2) is 6.89. The summed E-state index contributed by atoms with van der Waals surface area (Å²) in [6.45, 7) is 2.06. The van der Waals surface area contributed by atoms with Gasteiger partial charge in [-0.15, -0.1) is 0 Å². The van der Waals surface area contributed by atoms with Crippen LogP contribution in [0.15, 0.2) is 0 Å². The summed E-state index contributed by atoms with van der Waals surface area (Å²) >= 11 is 16.3. The average Bonchev–Trinajstić information content (AvgIpc) is 2.03. The number of aliphatic hydroxyl groups excluding tert-OH is 1. The van der Waals surface area contributed by atoms with Crippen LogP contribution in [0.2, 0.25) is 0 Å². The molecule has 0 rings (SSSR count). The van der Waals surface area contributed by atoms with Crippen LogP contribution in [0.5, 0.6) is 0 Å². The molecule has 1 atom stereocenters. The lowest BCUT2D eigenvalue weighted by Crippen LogP contribution is -2.27. The van der Waals surface area contributed by atoms with E-state index >= 15 is 0 Å². The summed E-state index contributed by atoms with van der Waals surface area (Å²) in [5.74, 6) is -0.0581. The summed E-state index contributed by atoms with van der Waals surface area (Å²) < 4.78 is -1.76. The van der Waals surface area contributed by atoms with Gasteiger partial charge in [-0.2, -0.15) is 0 Å². The lowest BCUT2D eigenvalue weighted by molar-refractivity contribution is -0.121. The highest BCUT2D eigenvalue weighted by molar-refractivity contribution is 6.68. The van der Waals surface area contributed by atoms with Crippen LogP contribution in [-0.2, 0) is 4.79 Å². The van der Waals surface area contributed by atoms with Gasteiger partial charge in [0, 0.05) is 12.8 Å². The summed E-state index contributed by atoms with van der Waals surface area (Å²) in [5, 5.41) is 9.30. The summed E-state index contributed by atoms with van der Waals surface area (Å²) in [7, 11) is 0.